The normalized spacial score (nSPS) is 11.2. The van der Waals surface area contributed by atoms with E-state index in [2.05, 4.69) is 65.3 Å². The third-order valence-corrected chi connectivity index (χ3v) is 3.86. The monoisotopic (exact) mass is 351 g/mol. The van der Waals surface area contributed by atoms with E-state index >= 15 is 0 Å². The predicted molar refractivity (Wildman–Crippen MR) is 106 cm³/mol. The molecule has 0 radical (unpaired) electrons. The molecule has 0 amide bonds. The van der Waals surface area contributed by atoms with Gasteiger partial charge in [0.2, 0.25) is 0 Å². The van der Waals surface area contributed by atoms with E-state index in [9.17, 15) is 5.11 Å². The molecule has 0 saturated heterocycles. The van der Waals surface area contributed by atoms with E-state index in [0.717, 1.165) is 26.1 Å². The fourth-order valence-electron chi connectivity index (χ4n) is 2.64. The molecular weight excluding hydrogens is 322 g/mol. The van der Waals surface area contributed by atoms with E-state index in [-0.39, 0.29) is 0 Å². The molecule has 0 spiro atoms. The van der Waals surface area contributed by atoms with Crippen molar-refractivity contribution in [3.05, 3.63) is 71.8 Å². The number of ether oxygens (including phenoxy) is 1. The highest BCUT2D eigenvalue weighted by Gasteiger charge is 2.10. The van der Waals surface area contributed by atoms with Gasteiger partial charge in [-0.3, -0.25) is 4.90 Å². The third kappa shape index (κ3) is 8.82. The minimum absolute atomic E-state index is 0.453. The lowest BCUT2D eigenvalue weighted by molar-refractivity contribution is -0.174. The van der Waals surface area contributed by atoms with Gasteiger partial charge in [0.25, 0.3) is 0 Å². The summed E-state index contributed by atoms with van der Waals surface area (Å²) in [6.07, 6.45) is 1.46. The predicted octanol–water partition coefficient (Wildman–Crippen LogP) is 4.22. The Hall–Kier alpha value is -2.12. The Morgan fingerprint density at radius 2 is 1.35 bits per heavy atom. The number of nitrogens with zero attached hydrogens (tertiary/aromatic N) is 1. The van der Waals surface area contributed by atoms with Crippen molar-refractivity contribution in [3.63, 3.8) is 0 Å². The Balaban J connectivity index is 1.84. The fourth-order valence-corrected chi connectivity index (χ4v) is 2.64. The first kappa shape index (κ1) is 20.2. The average Bonchev–Trinajstić information content (AvgIpc) is 2.61. The molecule has 0 aromatic heterocycles. The number of rotatable bonds is 9. The van der Waals surface area contributed by atoms with Crippen molar-refractivity contribution in [1.82, 2.24) is 4.90 Å². The summed E-state index contributed by atoms with van der Waals surface area (Å²) < 4.78 is 5.26. The molecule has 2 rings (SSSR count). The quantitative estimate of drug-likeness (QED) is 0.417. The minimum Gasteiger partial charge on any atom is -0.366 e. The molecule has 2 aromatic rings. The van der Waals surface area contributed by atoms with Crippen LogP contribution in [-0.4, -0.2) is 28.9 Å². The third-order valence-electron chi connectivity index (χ3n) is 3.86. The first-order chi connectivity index (χ1) is 12.5. The summed E-state index contributed by atoms with van der Waals surface area (Å²) in [6, 6.07) is 21.1. The molecule has 0 atom stereocenters. The van der Waals surface area contributed by atoms with Gasteiger partial charge in [-0.05, 0) is 25.0 Å². The maximum absolute atomic E-state index is 9.50. The van der Waals surface area contributed by atoms with Crippen molar-refractivity contribution in [3.8, 4) is 11.8 Å². The summed E-state index contributed by atoms with van der Waals surface area (Å²) in [6.45, 7) is 6.47. The summed E-state index contributed by atoms with van der Waals surface area (Å²) in [4.78, 5) is 2.42. The van der Waals surface area contributed by atoms with Crippen molar-refractivity contribution in [2.75, 3.05) is 13.2 Å². The molecule has 0 aliphatic heterocycles. The number of hydrogen-bond acceptors (Lipinski definition) is 3. The standard InChI is InChI=1S/C23H29NO2/c1-23(2,25)26-18-12-4-3-11-17-24(19-21-13-7-5-8-14-21)20-22-15-9-6-10-16-22/h5-10,13-16,25H,11-12,17-20H2,1-2H3. The van der Waals surface area contributed by atoms with Crippen LogP contribution in [0, 0.1) is 11.8 Å². The maximum Gasteiger partial charge on any atom is 0.159 e. The second-order valence-corrected chi connectivity index (χ2v) is 6.83. The largest absolute Gasteiger partial charge is 0.366 e. The summed E-state index contributed by atoms with van der Waals surface area (Å²) in [5.41, 5.74) is 2.63. The zero-order valence-electron chi connectivity index (χ0n) is 15.8. The van der Waals surface area contributed by atoms with Crippen molar-refractivity contribution >= 4 is 0 Å². The zero-order valence-corrected chi connectivity index (χ0v) is 15.8. The molecule has 0 unspecified atom stereocenters. The summed E-state index contributed by atoms with van der Waals surface area (Å²) in [5.74, 6) is 5.27. The van der Waals surface area contributed by atoms with Crippen LogP contribution in [0.2, 0.25) is 0 Å². The van der Waals surface area contributed by atoms with Crippen LogP contribution in [0.3, 0.4) is 0 Å². The Kier molecular flexibility index (Phi) is 8.37. The van der Waals surface area contributed by atoms with Crippen molar-refractivity contribution in [2.24, 2.45) is 0 Å². The Morgan fingerprint density at radius 3 is 1.85 bits per heavy atom. The molecule has 3 nitrogen and oxygen atoms in total. The van der Waals surface area contributed by atoms with Crippen LogP contribution in [0.4, 0.5) is 0 Å². The van der Waals surface area contributed by atoms with Crippen molar-refractivity contribution in [1.29, 1.82) is 0 Å². The van der Waals surface area contributed by atoms with Gasteiger partial charge in [-0.1, -0.05) is 60.7 Å². The molecule has 1 N–H and O–H groups in total. The van der Waals surface area contributed by atoms with Gasteiger partial charge >= 0.3 is 0 Å². The van der Waals surface area contributed by atoms with Gasteiger partial charge in [-0.2, -0.15) is 0 Å². The van der Waals surface area contributed by atoms with Crippen LogP contribution < -0.4 is 0 Å². The Bertz CT molecular complexity index is 639. The first-order valence-electron chi connectivity index (χ1n) is 9.15. The highest BCUT2D eigenvalue weighted by molar-refractivity contribution is 5.17. The lowest BCUT2D eigenvalue weighted by atomic mass is 10.1. The second-order valence-electron chi connectivity index (χ2n) is 6.83. The number of aliphatic hydroxyl groups is 1. The van der Waals surface area contributed by atoms with Crippen molar-refractivity contribution in [2.45, 2.75) is 45.6 Å². The second kappa shape index (κ2) is 10.8. The van der Waals surface area contributed by atoms with Crippen LogP contribution in [-0.2, 0) is 17.8 Å². The van der Waals surface area contributed by atoms with Crippen LogP contribution in [0.25, 0.3) is 0 Å². The van der Waals surface area contributed by atoms with E-state index in [4.69, 9.17) is 4.74 Å². The molecule has 0 heterocycles. The number of hydrogen-bond donors (Lipinski definition) is 1. The van der Waals surface area contributed by atoms with Gasteiger partial charge in [-0.25, -0.2) is 0 Å². The molecule has 2 aromatic carbocycles. The first-order valence-corrected chi connectivity index (χ1v) is 9.15. The SMILES string of the molecule is CC(C)(O)OCCC#CCCN(Cc1ccccc1)Cc1ccccc1. The van der Waals surface area contributed by atoms with Crippen LogP contribution in [0.5, 0.6) is 0 Å². The van der Waals surface area contributed by atoms with Crippen LogP contribution in [0.15, 0.2) is 60.7 Å². The summed E-state index contributed by atoms with van der Waals surface area (Å²) in [7, 11) is 0. The molecule has 0 bridgehead atoms. The molecule has 138 valence electrons. The molecule has 0 saturated carbocycles. The summed E-state index contributed by atoms with van der Waals surface area (Å²) >= 11 is 0. The van der Waals surface area contributed by atoms with E-state index in [1.165, 1.54) is 11.1 Å². The van der Waals surface area contributed by atoms with Gasteiger partial charge in [-0.15, -0.1) is 11.8 Å². The molecule has 0 aliphatic rings. The Morgan fingerprint density at radius 1 is 0.846 bits per heavy atom. The zero-order chi connectivity index (χ0) is 18.7. The van der Waals surface area contributed by atoms with E-state index in [1.54, 1.807) is 13.8 Å². The number of benzene rings is 2. The molecule has 0 aliphatic carbocycles. The van der Waals surface area contributed by atoms with Crippen LogP contribution in [0.1, 0.15) is 37.8 Å². The van der Waals surface area contributed by atoms with Crippen LogP contribution >= 0.6 is 0 Å². The fraction of sp³-hybridized carbons (Fsp3) is 0.391. The van der Waals surface area contributed by atoms with E-state index in [0.29, 0.717) is 13.0 Å². The highest BCUT2D eigenvalue weighted by atomic mass is 16.6. The van der Waals surface area contributed by atoms with Gasteiger partial charge in [0.05, 0.1) is 6.61 Å². The topological polar surface area (TPSA) is 32.7 Å². The molecule has 3 heteroatoms. The molecular formula is C23H29NO2. The lowest BCUT2D eigenvalue weighted by Gasteiger charge is -2.21. The van der Waals surface area contributed by atoms with Gasteiger partial charge < -0.3 is 9.84 Å². The lowest BCUT2D eigenvalue weighted by Crippen LogP contribution is -2.24. The Labute approximate surface area is 157 Å². The maximum atomic E-state index is 9.50. The smallest absolute Gasteiger partial charge is 0.159 e. The van der Waals surface area contributed by atoms with E-state index < -0.39 is 5.79 Å². The van der Waals surface area contributed by atoms with E-state index in [1.807, 2.05) is 12.1 Å². The van der Waals surface area contributed by atoms with Gasteiger partial charge in [0.15, 0.2) is 5.79 Å². The van der Waals surface area contributed by atoms with Gasteiger partial charge in [0.1, 0.15) is 0 Å². The minimum atomic E-state index is -1.08. The van der Waals surface area contributed by atoms with Crippen molar-refractivity contribution < 1.29 is 9.84 Å². The summed E-state index contributed by atoms with van der Waals surface area (Å²) in [5, 5.41) is 9.50. The average molecular weight is 351 g/mol. The highest BCUT2D eigenvalue weighted by Crippen LogP contribution is 2.10. The molecule has 26 heavy (non-hydrogen) atoms. The molecule has 0 fully saturated rings. The van der Waals surface area contributed by atoms with Gasteiger partial charge in [0, 0.05) is 32.5 Å².